The summed E-state index contributed by atoms with van der Waals surface area (Å²) in [6, 6.07) is 4.58. The van der Waals surface area contributed by atoms with Crippen LogP contribution in [0.4, 0.5) is 6.01 Å². The minimum atomic E-state index is -0.622. The van der Waals surface area contributed by atoms with Crippen LogP contribution in [0.3, 0.4) is 0 Å². The Balaban J connectivity index is 2.11. The first kappa shape index (κ1) is 16.3. The van der Waals surface area contributed by atoms with Crippen molar-refractivity contribution in [2.75, 3.05) is 26.1 Å². The summed E-state index contributed by atoms with van der Waals surface area (Å²) < 4.78 is 20.0. The van der Waals surface area contributed by atoms with Gasteiger partial charge in [0.2, 0.25) is 0 Å². The maximum Gasteiger partial charge on any atom is 0.360 e. The zero-order valence-electron chi connectivity index (χ0n) is 12.9. The van der Waals surface area contributed by atoms with Crippen LogP contribution >= 0.6 is 0 Å². The lowest BCUT2D eigenvalue weighted by molar-refractivity contribution is 0.0519. The second-order valence-electron chi connectivity index (χ2n) is 4.28. The highest BCUT2D eigenvalue weighted by Gasteiger charge is 2.16. The van der Waals surface area contributed by atoms with Crippen molar-refractivity contribution < 1.29 is 28.2 Å². The van der Waals surface area contributed by atoms with Crippen LogP contribution in [0.5, 0.6) is 11.5 Å². The second kappa shape index (κ2) is 7.30. The molecule has 1 N–H and O–H groups in total. The summed E-state index contributed by atoms with van der Waals surface area (Å²) in [4.78, 5) is 27.5. The molecule has 23 heavy (non-hydrogen) atoms. The van der Waals surface area contributed by atoms with Crippen molar-refractivity contribution in [3.05, 3.63) is 35.7 Å². The molecule has 0 saturated heterocycles. The lowest BCUT2D eigenvalue weighted by Crippen LogP contribution is -2.13. The molecule has 1 aromatic heterocycles. The highest BCUT2D eigenvalue weighted by molar-refractivity contribution is 6.03. The van der Waals surface area contributed by atoms with Crippen molar-refractivity contribution in [1.82, 2.24) is 4.98 Å². The first-order valence-corrected chi connectivity index (χ1v) is 6.75. The largest absolute Gasteiger partial charge is 0.493 e. The summed E-state index contributed by atoms with van der Waals surface area (Å²) in [6.07, 6.45) is 1.11. The number of hydrogen-bond acceptors (Lipinski definition) is 7. The standard InChI is InChI=1S/C15H16N2O6/c1-4-22-14(19)10-8-23-15(16-10)17-13(18)9-5-6-11(20-2)12(7-9)21-3/h5-8H,4H2,1-3H3,(H,16,17,18). The molecule has 0 bridgehead atoms. The smallest absolute Gasteiger partial charge is 0.360 e. The lowest BCUT2D eigenvalue weighted by atomic mass is 10.2. The van der Waals surface area contributed by atoms with Gasteiger partial charge in [0.1, 0.15) is 6.26 Å². The maximum atomic E-state index is 12.2. The van der Waals surface area contributed by atoms with Crippen molar-refractivity contribution in [2.45, 2.75) is 6.92 Å². The van der Waals surface area contributed by atoms with Crippen molar-refractivity contribution in [3.8, 4) is 11.5 Å². The number of esters is 1. The number of benzene rings is 1. The van der Waals surface area contributed by atoms with Gasteiger partial charge in [-0.05, 0) is 25.1 Å². The van der Waals surface area contributed by atoms with Crippen molar-refractivity contribution in [2.24, 2.45) is 0 Å². The topological polar surface area (TPSA) is 99.9 Å². The molecule has 0 aliphatic rings. The molecule has 1 amide bonds. The summed E-state index contributed by atoms with van der Waals surface area (Å²) in [5.41, 5.74) is 0.299. The fourth-order valence-electron chi connectivity index (χ4n) is 1.78. The van der Waals surface area contributed by atoms with Gasteiger partial charge < -0.3 is 18.6 Å². The van der Waals surface area contributed by atoms with E-state index in [-0.39, 0.29) is 18.3 Å². The molecule has 1 aromatic carbocycles. The van der Waals surface area contributed by atoms with Gasteiger partial charge in [-0.25, -0.2) is 4.79 Å². The second-order valence-corrected chi connectivity index (χ2v) is 4.28. The number of nitrogens with one attached hydrogen (secondary N) is 1. The number of ether oxygens (including phenoxy) is 3. The van der Waals surface area contributed by atoms with Gasteiger partial charge >= 0.3 is 12.0 Å². The Morgan fingerprint density at radius 3 is 2.61 bits per heavy atom. The van der Waals surface area contributed by atoms with E-state index >= 15 is 0 Å². The van der Waals surface area contributed by atoms with Gasteiger partial charge in [-0.3, -0.25) is 10.1 Å². The van der Waals surface area contributed by atoms with Gasteiger partial charge in [0.15, 0.2) is 17.2 Å². The predicted molar refractivity (Wildman–Crippen MR) is 80.0 cm³/mol. The number of carbonyl (C=O) groups is 2. The molecule has 0 aliphatic carbocycles. The highest BCUT2D eigenvalue weighted by Crippen LogP contribution is 2.27. The zero-order valence-corrected chi connectivity index (χ0v) is 12.9. The molecule has 0 radical (unpaired) electrons. The average Bonchev–Trinajstić information content (AvgIpc) is 3.03. The quantitative estimate of drug-likeness (QED) is 0.814. The monoisotopic (exact) mass is 320 g/mol. The van der Waals surface area contributed by atoms with E-state index in [1.54, 1.807) is 19.1 Å². The van der Waals surface area contributed by atoms with Gasteiger partial charge in [-0.2, -0.15) is 4.98 Å². The van der Waals surface area contributed by atoms with Crippen molar-refractivity contribution >= 4 is 17.9 Å². The Kier molecular flexibility index (Phi) is 5.19. The molecule has 0 aliphatic heterocycles. The molecule has 0 spiro atoms. The van der Waals surface area contributed by atoms with Gasteiger partial charge in [0.05, 0.1) is 20.8 Å². The van der Waals surface area contributed by atoms with E-state index in [0.29, 0.717) is 17.1 Å². The molecule has 0 unspecified atom stereocenters. The van der Waals surface area contributed by atoms with Crippen LogP contribution in [0.15, 0.2) is 28.9 Å². The van der Waals surface area contributed by atoms with Gasteiger partial charge in [0, 0.05) is 5.56 Å². The normalized spacial score (nSPS) is 10.0. The van der Waals surface area contributed by atoms with Crippen molar-refractivity contribution in [3.63, 3.8) is 0 Å². The van der Waals surface area contributed by atoms with Crippen LogP contribution in [0.1, 0.15) is 27.8 Å². The number of methoxy groups -OCH3 is 2. The molecule has 8 nitrogen and oxygen atoms in total. The van der Waals surface area contributed by atoms with Crippen LogP contribution < -0.4 is 14.8 Å². The molecule has 0 fully saturated rings. The van der Waals surface area contributed by atoms with E-state index in [1.165, 1.54) is 20.3 Å². The predicted octanol–water partition coefficient (Wildman–Crippen LogP) is 2.12. The summed E-state index contributed by atoms with van der Waals surface area (Å²) in [6.45, 7) is 1.90. The van der Waals surface area contributed by atoms with Crippen LogP contribution in [0, 0.1) is 0 Å². The number of nitrogens with zero attached hydrogens (tertiary/aromatic N) is 1. The molecule has 0 atom stereocenters. The Hall–Kier alpha value is -3.03. The molecule has 8 heteroatoms. The molecule has 1 heterocycles. The summed E-state index contributed by atoms with van der Waals surface area (Å²) >= 11 is 0. The fourth-order valence-corrected chi connectivity index (χ4v) is 1.78. The van der Waals surface area contributed by atoms with Gasteiger partial charge in [-0.15, -0.1) is 0 Å². The number of anilines is 1. The van der Waals surface area contributed by atoms with E-state index in [9.17, 15) is 9.59 Å². The van der Waals surface area contributed by atoms with Crippen LogP contribution in [-0.4, -0.2) is 37.7 Å². The molecular formula is C15H16N2O6. The number of oxazole rings is 1. The minimum Gasteiger partial charge on any atom is -0.493 e. The average molecular weight is 320 g/mol. The Bertz CT molecular complexity index is 710. The van der Waals surface area contributed by atoms with E-state index in [1.807, 2.05) is 0 Å². The highest BCUT2D eigenvalue weighted by atomic mass is 16.5. The third kappa shape index (κ3) is 3.79. The van der Waals surface area contributed by atoms with Crippen LogP contribution in [0.25, 0.3) is 0 Å². The molecular weight excluding hydrogens is 304 g/mol. The minimum absolute atomic E-state index is 0.0190. The number of aromatic nitrogens is 1. The number of amides is 1. The van der Waals surface area contributed by atoms with Gasteiger partial charge in [-0.1, -0.05) is 0 Å². The molecule has 122 valence electrons. The number of carbonyl (C=O) groups excluding carboxylic acids is 2. The maximum absolute atomic E-state index is 12.2. The van der Waals surface area contributed by atoms with Crippen LogP contribution in [-0.2, 0) is 4.74 Å². The van der Waals surface area contributed by atoms with Crippen molar-refractivity contribution in [1.29, 1.82) is 0 Å². The fraction of sp³-hybridized carbons (Fsp3) is 0.267. The SMILES string of the molecule is CCOC(=O)c1coc(NC(=O)c2ccc(OC)c(OC)c2)n1. The summed E-state index contributed by atoms with van der Waals surface area (Å²) in [7, 11) is 2.97. The van der Waals surface area contributed by atoms with Gasteiger partial charge in [0.25, 0.3) is 5.91 Å². The summed E-state index contributed by atoms with van der Waals surface area (Å²) in [5.74, 6) is -0.171. The Labute approximate surface area is 132 Å². The third-order valence-corrected chi connectivity index (χ3v) is 2.85. The first-order chi connectivity index (χ1) is 11.1. The molecule has 2 rings (SSSR count). The molecule has 2 aromatic rings. The Morgan fingerprint density at radius 2 is 1.96 bits per heavy atom. The third-order valence-electron chi connectivity index (χ3n) is 2.85. The lowest BCUT2D eigenvalue weighted by Gasteiger charge is -2.08. The van der Waals surface area contributed by atoms with E-state index < -0.39 is 11.9 Å². The number of rotatable bonds is 6. The Morgan fingerprint density at radius 1 is 1.22 bits per heavy atom. The van der Waals surface area contributed by atoms with Crippen LogP contribution in [0.2, 0.25) is 0 Å². The first-order valence-electron chi connectivity index (χ1n) is 6.75. The zero-order chi connectivity index (χ0) is 16.8. The van der Waals surface area contributed by atoms with E-state index in [2.05, 4.69) is 10.3 Å². The van der Waals surface area contributed by atoms with E-state index in [0.717, 1.165) is 6.26 Å². The molecule has 0 saturated carbocycles. The van der Waals surface area contributed by atoms with E-state index in [4.69, 9.17) is 18.6 Å². The number of hydrogen-bond donors (Lipinski definition) is 1. The summed E-state index contributed by atoms with van der Waals surface area (Å²) in [5, 5.41) is 2.44.